The van der Waals surface area contributed by atoms with Crippen molar-refractivity contribution >= 4 is 29.4 Å². The lowest BCUT2D eigenvalue weighted by molar-refractivity contribution is -0.143. The molecule has 1 atom stereocenters. The first kappa shape index (κ1) is 25.9. The summed E-state index contributed by atoms with van der Waals surface area (Å²) in [5, 5.41) is 0.579. The van der Waals surface area contributed by atoms with E-state index in [0.29, 0.717) is 29.4 Å². The molecule has 8 heteroatoms. The first-order chi connectivity index (χ1) is 17.4. The summed E-state index contributed by atoms with van der Waals surface area (Å²) in [6.07, 6.45) is 0.0885. The Kier molecular flexibility index (Phi) is 8.44. The number of amides is 2. The van der Waals surface area contributed by atoms with E-state index in [9.17, 15) is 14.4 Å². The zero-order valence-corrected chi connectivity index (χ0v) is 21.5. The Labute approximate surface area is 217 Å². The highest BCUT2D eigenvalue weighted by atomic mass is 35.5. The second kappa shape index (κ2) is 11.7. The van der Waals surface area contributed by atoms with E-state index >= 15 is 0 Å². The fraction of sp³-hybridized carbons (Fsp3) is 0.393. The van der Waals surface area contributed by atoms with Crippen molar-refractivity contribution in [3.05, 3.63) is 82.0 Å². The Balaban J connectivity index is 1.46. The molecule has 36 heavy (non-hydrogen) atoms. The number of allylic oxidation sites excluding steroid dienone is 1. The van der Waals surface area contributed by atoms with Crippen molar-refractivity contribution in [3.8, 4) is 0 Å². The molecule has 2 aromatic carbocycles. The summed E-state index contributed by atoms with van der Waals surface area (Å²) in [7, 11) is 0. The number of hydrogen-bond donors (Lipinski definition) is 0. The second-order valence-electron chi connectivity index (χ2n) is 9.15. The minimum atomic E-state index is -0.463. The summed E-state index contributed by atoms with van der Waals surface area (Å²) in [6, 6.07) is 17.4. The molecule has 0 radical (unpaired) electrons. The Bertz CT molecular complexity index is 1130. The van der Waals surface area contributed by atoms with E-state index in [0.717, 1.165) is 25.2 Å². The molecule has 190 valence electrons. The van der Waals surface area contributed by atoms with Crippen molar-refractivity contribution in [2.75, 3.05) is 39.3 Å². The largest absolute Gasteiger partial charge is 0.463 e. The van der Waals surface area contributed by atoms with Crippen LogP contribution in [-0.4, -0.2) is 71.8 Å². The van der Waals surface area contributed by atoms with E-state index in [1.165, 1.54) is 10.5 Å². The molecule has 2 aromatic rings. The van der Waals surface area contributed by atoms with Gasteiger partial charge in [0.15, 0.2) is 0 Å². The molecule has 7 nitrogen and oxygen atoms in total. The number of rotatable bonds is 7. The third kappa shape index (κ3) is 5.97. The van der Waals surface area contributed by atoms with Crippen LogP contribution in [-0.2, 0) is 25.7 Å². The van der Waals surface area contributed by atoms with Gasteiger partial charge in [-0.05, 0) is 37.1 Å². The Hall–Kier alpha value is -3.16. The topological polar surface area (TPSA) is 70.2 Å². The number of carbonyl (C=O) groups is 3. The van der Waals surface area contributed by atoms with E-state index < -0.39 is 11.9 Å². The number of hydrogen-bond acceptors (Lipinski definition) is 5. The van der Waals surface area contributed by atoms with Crippen molar-refractivity contribution in [1.82, 2.24) is 14.7 Å². The van der Waals surface area contributed by atoms with Crippen molar-refractivity contribution in [2.45, 2.75) is 32.7 Å². The SMILES string of the molecule is CCOC(=O)C1=C(C)N(CC(=O)N2CCN(Cc3ccccc3)CC2)C(=O)CC1c1ccc(Cl)cc1. The highest BCUT2D eigenvalue weighted by Gasteiger charge is 2.38. The van der Waals surface area contributed by atoms with Gasteiger partial charge in [-0.2, -0.15) is 0 Å². The van der Waals surface area contributed by atoms with Gasteiger partial charge < -0.3 is 14.5 Å². The van der Waals surface area contributed by atoms with Crippen LogP contribution in [0.1, 0.15) is 37.3 Å². The van der Waals surface area contributed by atoms with Crippen LogP contribution in [0.25, 0.3) is 0 Å². The van der Waals surface area contributed by atoms with Crippen LogP contribution >= 0.6 is 11.6 Å². The molecule has 1 fully saturated rings. The van der Waals surface area contributed by atoms with Crippen molar-refractivity contribution in [2.24, 2.45) is 0 Å². The number of esters is 1. The quantitative estimate of drug-likeness (QED) is 0.530. The van der Waals surface area contributed by atoms with Gasteiger partial charge in [0, 0.05) is 55.8 Å². The van der Waals surface area contributed by atoms with Gasteiger partial charge in [-0.25, -0.2) is 4.79 Å². The molecule has 0 aliphatic carbocycles. The van der Waals surface area contributed by atoms with E-state index in [4.69, 9.17) is 16.3 Å². The third-order valence-corrected chi connectivity index (χ3v) is 7.11. The second-order valence-corrected chi connectivity index (χ2v) is 9.59. The molecule has 1 unspecified atom stereocenters. The molecule has 0 bridgehead atoms. The summed E-state index contributed by atoms with van der Waals surface area (Å²) in [4.78, 5) is 44.9. The van der Waals surface area contributed by atoms with Crippen LogP contribution in [0.2, 0.25) is 5.02 Å². The minimum absolute atomic E-state index is 0.0837. The smallest absolute Gasteiger partial charge is 0.336 e. The molecule has 0 spiro atoms. The predicted molar refractivity (Wildman–Crippen MR) is 138 cm³/mol. The van der Waals surface area contributed by atoms with Crippen LogP contribution in [0.5, 0.6) is 0 Å². The first-order valence-electron chi connectivity index (χ1n) is 12.3. The molecule has 4 rings (SSSR count). The molecule has 0 aromatic heterocycles. The van der Waals surface area contributed by atoms with Gasteiger partial charge in [0.2, 0.25) is 11.8 Å². The van der Waals surface area contributed by atoms with Crippen LogP contribution in [0.3, 0.4) is 0 Å². The van der Waals surface area contributed by atoms with E-state index in [-0.39, 0.29) is 31.4 Å². The lowest BCUT2D eigenvalue weighted by Crippen LogP contribution is -2.52. The number of nitrogens with zero attached hydrogens (tertiary/aromatic N) is 3. The van der Waals surface area contributed by atoms with Gasteiger partial charge in [-0.1, -0.05) is 54.1 Å². The standard InChI is InChI=1S/C28H32ClN3O4/c1-3-36-28(35)27-20(2)32(25(33)17-24(27)22-9-11-23(29)12-10-22)19-26(34)31-15-13-30(14-16-31)18-21-7-5-4-6-8-21/h4-12,24H,3,13-19H2,1-2H3. The summed E-state index contributed by atoms with van der Waals surface area (Å²) >= 11 is 6.04. The van der Waals surface area contributed by atoms with Crippen LogP contribution in [0, 0.1) is 0 Å². The molecule has 0 saturated carbocycles. The fourth-order valence-electron chi connectivity index (χ4n) is 4.89. The summed E-state index contributed by atoms with van der Waals surface area (Å²) in [5.74, 6) is -1.21. The average Bonchev–Trinajstić information content (AvgIpc) is 2.87. The Morgan fingerprint density at radius 1 is 1.00 bits per heavy atom. The van der Waals surface area contributed by atoms with Crippen LogP contribution in [0.4, 0.5) is 0 Å². The Morgan fingerprint density at radius 3 is 2.31 bits per heavy atom. The van der Waals surface area contributed by atoms with Gasteiger partial charge in [-0.3, -0.25) is 14.5 Å². The molecule has 2 amide bonds. The zero-order chi connectivity index (χ0) is 25.7. The van der Waals surface area contributed by atoms with E-state index in [1.54, 1.807) is 30.9 Å². The third-order valence-electron chi connectivity index (χ3n) is 6.86. The van der Waals surface area contributed by atoms with Gasteiger partial charge in [-0.15, -0.1) is 0 Å². The van der Waals surface area contributed by atoms with Crippen molar-refractivity contribution < 1.29 is 19.1 Å². The molecule has 2 aliphatic heterocycles. The maximum Gasteiger partial charge on any atom is 0.336 e. The molecular weight excluding hydrogens is 478 g/mol. The van der Waals surface area contributed by atoms with Crippen LogP contribution < -0.4 is 0 Å². The normalized spacial score (nSPS) is 19.0. The first-order valence-corrected chi connectivity index (χ1v) is 12.7. The fourth-order valence-corrected chi connectivity index (χ4v) is 5.01. The summed E-state index contributed by atoms with van der Waals surface area (Å²) in [5.41, 5.74) is 2.95. The number of benzene rings is 2. The minimum Gasteiger partial charge on any atom is -0.463 e. The van der Waals surface area contributed by atoms with Crippen molar-refractivity contribution in [1.29, 1.82) is 0 Å². The molecule has 2 heterocycles. The van der Waals surface area contributed by atoms with Crippen molar-refractivity contribution in [3.63, 3.8) is 0 Å². The molecular formula is C28H32ClN3O4. The van der Waals surface area contributed by atoms with Gasteiger partial charge in [0.1, 0.15) is 6.54 Å². The monoisotopic (exact) mass is 509 g/mol. The number of halogens is 1. The van der Waals surface area contributed by atoms with E-state index in [2.05, 4.69) is 17.0 Å². The van der Waals surface area contributed by atoms with Gasteiger partial charge in [0.05, 0.1) is 12.2 Å². The summed E-state index contributed by atoms with van der Waals surface area (Å²) in [6.45, 7) is 7.22. The van der Waals surface area contributed by atoms with Gasteiger partial charge in [0.25, 0.3) is 0 Å². The number of piperazine rings is 1. The zero-order valence-electron chi connectivity index (χ0n) is 20.8. The molecule has 1 saturated heterocycles. The highest BCUT2D eigenvalue weighted by Crippen LogP contribution is 2.37. The van der Waals surface area contributed by atoms with E-state index in [1.807, 2.05) is 30.3 Å². The average molecular weight is 510 g/mol. The predicted octanol–water partition coefficient (Wildman–Crippen LogP) is 3.84. The van der Waals surface area contributed by atoms with Gasteiger partial charge >= 0.3 is 5.97 Å². The lowest BCUT2D eigenvalue weighted by atomic mass is 9.83. The highest BCUT2D eigenvalue weighted by molar-refractivity contribution is 6.30. The summed E-state index contributed by atoms with van der Waals surface area (Å²) < 4.78 is 5.33. The lowest BCUT2D eigenvalue weighted by Gasteiger charge is -2.38. The molecule has 0 N–H and O–H groups in total. The maximum absolute atomic E-state index is 13.2. The molecule has 2 aliphatic rings. The number of ether oxygens (including phenoxy) is 1. The van der Waals surface area contributed by atoms with Crippen LogP contribution in [0.15, 0.2) is 65.9 Å². The maximum atomic E-state index is 13.2. The Morgan fingerprint density at radius 2 is 1.67 bits per heavy atom. The number of carbonyl (C=O) groups excluding carboxylic acids is 3.